The molecule has 0 aromatic carbocycles. The van der Waals surface area contributed by atoms with Crippen LogP contribution in [0.1, 0.15) is 12.8 Å². The van der Waals surface area contributed by atoms with Crippen LogP contribution in [0.5, 0.6) is 0 Å². The van der Waals surface area contributed by atoms with Gasteiger partial charge in [0.2, 0.25) is 0 Å². The van der Waals surface area contributed by atoms with Gasteiger partial charge >= 0.3 is 0 Å². The number of rotatable bonds is 5. The Morgan fingerprint density at radius 3 is 1.43 bits per heavy atom. The van der Waals surface area contributed by atoms with Gasteiger partial charge in [-0.05, 0) is 0 Å². The summed E-state index contributed by atoms with van der Waals surface area (Å²) in [5.74, 6) is -5.98. The van der Waals surface area contributed by atoms with Crippen molar-refractivity contribution >= 4 is 17.9 Å². The van der Waals surface area contributed by atoms with Crippen molar-refractivity contribution < 1.29 is 62.5 Å². The molecular formula is C6H5HgO7-3. The van der Waals surface area contributed by atoms with Crippen LogP contribution in [-0.2, 0) is 42.1 Å². The molecule has 14 heavy (non-hydrogen) atoms. The topological polar surface area (TPSA) is 141 Å². The maximum absolute atomic E-state index is 10.1. The SMILES string of the molecule is O=C([O-])CC(O)(CC(=O)[O-])C(=O)[O-].[Hg]. The van der Waals surface area contributed by atoms with Gasteiger partial charge in [-0.25, -0.2) is 0 Å². The summed E-state index contributed by atoms with van der Waals surface area (Å²) >= 11 is 0. The molecule has 0 spiro atoms. The van der Waals surface area contributed by atoms with Crippen molar-refractivity contribution in [1.82, 2.24) is 0 Å². The fourth-order valence-corrected chi connectivity index (χ4v) is 0.684. The van der Waals surface area contributed by atoms with Gasteiger partial charge in [0.25, 0.3) is 0 Å². The molecule has 0 aromatic rings. The van der Waals surface area contributed by atoms with Gasteiger partial charge in [-0.2, -0.15) is 0 Å². The first kappa shape index (κ1) is 15.8. The van der Waals surface area contributed by atoms with Crippen LogP contribution in [0, 0.1) is 0 Å². The number of carbonyl (C=O) groups is 3. The molecule has 76 valence electrons. The summed E-state index contributed by atoms with van der Waals surface area (Å²) in [6, 6.07) is 0. The van der Waals surface area contributed by atoms with Gasteiger partial charge in [0.05, 0.1) is 5.97 Å². The second-order valence-electron chi connectivity index (χ2n) is 2.42. The molecule has 0 aliphatic heterocycles. The van der Waals surface area contributed by atoms with E-state index in [9.17, 15) is 29.7 Å². The zero-order chi connectivity index (χ0) is 10.6. The van der Waals surface area contributed by atoms with Gasteiger partial charge in [0.1, 0.15) is 5.60 Å². The van der Waals surface area contributed by atoms with E-state index in [4.69, 9.17) is 5.11 Å². The van der Waals surface area contributed by atoms with E-state index in [2.05, 4.69) is 0 Å². The van der Waals surface area contributed by atoms with E-state index in [-0.39, 0.29) is 27.7 Å². The summed E-state index contributed by atoms with van der Waals surface area (Å²) in [6.45, 7) is 0. The minimum Gasteiger partial charge on any atom is -0.550 e. The van der Waals surface area contributed by atoms with E-state index in [1.165, 1.54) is 0 Å². The Hall–Kier alpha value is -0.695. The maximum Gasteiger partial charge on any atom is 0.114 e. The monoisotopic (exact) mass is 391 g/mol. The zero-order valence-electron chi connectivity index (χ0n) is 7.02. The number of carboxylic acid groups (broad SMARTS) is 3. The van der Waals surface area contributed by atoms with Gasteiger partial charge in [-0.3, -0.25) is 0 Å². The molecule has 0 heterocycles. The number of carbonyl (C=O) groups excluding carboxylic acids is 3. The third kappa shape index (κ3) is 5.13. The summed E-state index contributed by atoms with van der Waals surface area (Å²) < 4.78 is 0. The van der Waals surface area contributed by atoms with Crippen molar-refractivity contribution in [3.8, 4) is 0 Å². The van der Waals surface area contributed by atoms with Crippen LogP contribution in [0.4, 0.5) is 0 Å². The Morgan fingerprint density at radius 2 is 1.29 bits per heavy atom. The van der Waals surface area contributed by atoms with Crippen LogP contribution < -0.4 is 15.3 Å². The van der Waals surface area contributed by atoms with Gasteiger partial charge < -0.3 is 34.8 Å². The largest absolute Gasteiger partial charge is 0.550 e. The van der Waals surface area contributed by atoms with Crippen molar-refractivity contribution in [2.45, 2.75) is 18.4 Å². The molecule has 0 fully saturated rings. The van der Waals surface area contributed by atoms with Crippen molar-refractivity contribution in [3.63, 3.8) is 0 Å². The van der Waals surface area contributed by atoms with Gasteiger partial charge in [0.15, 0.2) is 0 Å². The van der Waals surface area contributed by atoms with Crippen LogP contribution in [0.25, 0.3) is 0 Å². The summed E-state index contributed by atoms with van der Waals surface area (Å²) in [5, 5.41) is 38.9. The van der Waals surface area contributed by atoms with E-state index in [1.807, 2.05) is 0 Å². The van der Waals surface area contributed by atoms with E-state index in [0.29, 0.717) is 0 Å². The standard InChI is InChI=1S/C6H8O7.Hg/c7-3(8)1-6(13,5(11)12)2-4(9)10;/h13H,1-2H2,(H,7,8)(H,9,10)(H,11,12);/p-3. The van der Waals surface area contributed by atoms with Gasteiger partial charge in [-0.1, -0.05) is 0 Å². The molecule has 0 aromatic heterocycles. The summed E-state index contributed by atoms with van der Waals surface area (Å²) in [7, 11) is 0. The Kier molecular flexibility index (Phi) is 6.66. The molecule has 0 amide bonds. The fourth-order valence-electron chi connectivity index (χ4n) is 0.684. The molecule has 0 aliphatic carbocycles. The molecular weight excluding hydrogens is 385 g/mol. The number of aliphatic hydroxyl groups is 1. The summed E-state index contributed by atoms with van der Waals surface area (Å²) in [5.41, 5.74) is -2.97. The van der Waals surface area contributed by atoms with Gasteiger partial charge in [-0.15, -0.1) is 0 Å². The normalized spacial score (nSPS) is 10.1. The zero-order valence-corrected chi connectivity index (χ0v) is 12.5. The molecule has 0 aliphatic rings. The second-order valence-corrected chi connectivity index (χ2v) is 2.42. The smallest absolute Gasteiger partial charge is 0.114 e. The third-order valence-electron chi connectivity index (χ3n) is 1.25. The van der Waals surface area contributed by atoms with E-state index in [1.54, 1.807) is 0 Å². The Bertz CT molecular complexity index is 233. The molecule has 0 atom stereocenters. The minimum atomic E-state index is -2.97. The number of carboxylic acids is 3. The van der Waals surface area contributed by atoms with Crippen molar-refractivity contribution in [2.75, 3.05) is 0 Å². The van der Waals surface area contributed by atoms with E-state index in [0.717, 1.165) is 0 Å². The van der Waals surface area contributed by atoms with Crippen LogP contribution in [0.3, 0.4) is 0 Å². The Balaban J connectivity index is 0. The first-order chi connectivity index (χ1) is 5.78. The first-order valence-electron chi connectivity index (χ1n) is 3.11. The molecule has 0 bridgehead atoms. The first-order valence-corrected chi connectivity index (χ1v) is 3.11. The van der Waals surface area contributed by atoms with Gasteiger partial charge in [0, 0.05) is 52.4 Å². The average molecular weight is 390 g/mol. The van der Waals surface area contributed by atoms with Crippen LogP contribution in [-0.4, -0.2) is 28.6 Å². The van der Waals surface area contributed by atoms with Crippen molar-refractivity contribution in [3.05, 3.63) is 0 Å². The molecule has 0 rings (SSSR count). The minimum absolute atomic E-state index is 0. The van der Waals surface area contributed by atoms with E-state index < -0.39 is 36.4 Å². The summed E-state index contributed by atoms with van der Waals surface area (Å²) in [6.07, 6.45) is -2.72. The Morgan fingerprint density at radius 1 is 1.00 bits per heavy atom. The van der Waals surface area contributed by atoms with Crippen LogP contribution in [0.2, 0.25) is 0 Å². The summed E-state index contributed by atoms with van der Waals surface area (Å²) in [4.78, 5) is 30.0. The number of hydrogen-bond donors (Lipinski definition) is 1. The van der Waals surface area contributed by atoms with Crippen LogP contribution >= 0.6 is 0 Å². The molecule has 8 heteroatoms. The predicted octanol–water partition coefficient (Wildman–Crippen LogP) is -5.26. The van der Waals surface area contributed by atoms with Crippen molar-refractivity contribution in [2.24, 2.45) is 0 Å². The molecule has 0 unspecified atom stereocenters. The molecule has 0 saturated carbocycles. The Labute approximate surface area is 98.9 Å². The third-order valence-corrected chi connectivity index (χ3v) is 1.25. The number of hydrogen-bond acceptors (Lipinski definition) is 7. The number of aliphatic carboxylic acids is 3. The fraction of sp³-hybridized carbons (Fsp3) is 0.500. The second kappa shape index (κ2) is 5.92. The van der Waals surface area contributed by atoms with E-state index >= 15 is 0 Å². The molecule has 1 N–H and O–H groups in total. The molecule has 0 saturated heterocycles. The maximum atomic E-state index is 10.1. The molecule has 0 radical (unpaired) electrons. The molecule has 7 nitrogen and oxygen atoms in total. The average Bonchev–Trinajstić information content (AvgIpc) is 1.82. The van der Waals surface area contributed by atoms with Crippen molar-refractivity contribution in [1.29, 1.82) is 0 Å². The van der Waals surface area contributed by atoms with Crippen LogP contribution in [0.15, 0.2) is 0 Å². The quantitative estimate of drug-likeness (QED) is 0.463. The predicted molar refractivity (Wildman–Crippen MR) is 29.2 cm³/mol.